The molecule has 9 aromatic rings. The summed E-state index contributed by atoms with van der Waals surface area (Å²) in [7, 11) is -6.53. The van der Waals surface area contributed by atoms with Crippen LogP contribution in [0.2, 0.25) is 0 Å². The maximum absolute atomic E-state index is 15.7. The molecule has 0 spiro atoms. The van der Waals surface area contributed by atoms with Gasteiger partial charge in [0, 0.05) is 47.0 Å². The quantitative estimate of drug-likeness (QED) is 0.119. The summed E-state index contributed by atoms with van der Waals surface area (Å²) in [5.74, 6) is 0. The summed E-state index contributed by atoms with van der Waals surface area (Å²) < 4.78 is 31.3. The lowest BCUT2D eigenvalue weighted by Gasteiger charge is -2.35. The molecule has 0 bridgehead atoms. The Morgan fingerprint density at radius 2 is 0.696 bits per heavy atom. The van der Waals surface area contributed by atoms with Crippen LogP contribution < -0.4 is 36.7 Å². The smallest absolute Gasteiger partial charge is 0.171 e. The molecule has 9 aromatic carbocycles. The Kier molecular flexibility index (Phi) is 8.65. The molecular weight excluding hydrogens is 741 g/mol. The van der Waals surface area contributed by atoms with Crippen LogP contribution in [0.15, 0.2) is 222 Å². The molecule has 268 valence electrons. The first-order valence-electron chi connectivity index (χ1n) is 18.6. The maximum atomic E-state index is 15.7. The lowest BCUT2D eigenvalue weighted by Crippen LogP contribution is -2.27. The average Bonchev–Trinajstić information content (AvgIpc) is 3.28. The Morgan fingerprint density at radius 1 is 0.321 bits per heavy atom. The summed E-state index contributed by atoms with van der Waals surface area (Å²) in [6.45, 7) is 0. The van der Waals surface area contributed by atoms with E-state index in [-0.39, 0.29) is 0 Å². The predicted octanol–water partition coefficient (Wildman–Crippen LogP) is 11.2. The third-order valence-corrected chi connectivity index (χ3v) is 18.0. The van der Waals surface area contributed by atoms with Crippen molar-refractivity contribution in [3.8, 4) is 0 Å². The number of benzene rings is 9. The van der Waals surface area contributed by atoms with Crippen LogP contribution in [0.25, 0.3) is 21.5 Å². The van der Waals surface area contributed by atoms with Gasteiger partial charge in [0.2, 0.25) is 0 Å². The van der Waals surface area contributed by atoms with E-state index in [2.05, 4.69) is 95.9 Å². The van der Waals surface area contributed by atoms with Crippen LogP contribution in [-0.2, 0) is 9.13 Å². The zero-order chi connectivity index (χ0) is 37.7. The fourth-order valence-electron chi connectivity index (χ4n) is 8.10. The van der Waals surface area contributed by atoms with Gasteiger partial charge < -0.3 is 14.0 Å². The largest absolute Gasteiger partial charge is 0.309 e. The molecular formula is C50H35NO2P2S. The third-order valence-electron chi connectivity index (χ3n) is 10.8. The highest BCUT2D eigenvalue weighted by molar-refractivity contribution is 8.00. The first kappa shape index (κ1) is 34.6. The van der Waals surface area contributed by atoms with Gasteiger partial charge >= 0.3 is 0 Å². The predicted molar refractivity (Wildman–Crippen MR) is 239 cm³/mol. The number of hydrogen-bond acceptors (Lipinski definition) is 4. The van der Waals surface area contributed by atoms with E-state index in [1.165, 1.54) is 10.8 Å². The van der Waals surface area contributed by atoms with Crippen molar-refractivity contribution in [1.29, 1.82) is 0 Å². The van der Waals surface area contributed by atoms with Crippen LogP contribution in [0, 0.1) is 0 Å². The van der Waals surface area contributed by atoms with E-state index in [1.54, 1.807) is 11.8 Å². The minimum Gasteiger partial charge on any atom is -0.309 e. The number of rotatable bonds is 7. The van der Waals surface area contributed by atoms with E-state index < -0.39 is 14.3 Å². The number of fused-ring (bicyclic) bond motifs is 5. The van der Waals surface area contributed by atoms with Gasteiger partial charge in [-0.05, 0) is 58.6 Å². The second-order valence-electron chi connectivity index (χ2n) is 14.0. The topological polar surface area (TPSA) is 37.4 Å². The Morgan fingerprint density at radius 3 is 1.14 bits per heavy atom. The van der Waals surface area contributed by atoms with Crippen molar-refractivity contribution in [1.82, 2.24) is 0 Å². The van der Waals surface area contributed by atoms with Gasteiger partial charge in [0.05, 0.1) is 17.1 Å². The molecule has 0 aromatic heterocycles. The summed E-state index contributed by atoms with van der Waals surface area (Å²) in [6, 6.07) is 71.3. The van der Waals surface area contributed by atoms with Gasteiger partial charge in [0.25, 0.3) is 0 Å². The van der Waals surface area contributed by atoms with Crippen molar-refractivity contribution in [2.24, 2.45) is 0 Å². The molecule has 0 amide bonds. The molecule has 0 unspecified atom stereocenters. The van der Waals surface area contributed by atoms with Crippen LogP contribution in [0.4, 0.5) is 17.1 Å². The molecule has 1 aliphatic rings. The fourth-order valence-corrected chi connectivity index (χ4v) is 14.8. The van der Waals surface area contributed by atoms with E-state index in [0.717, 1.165) is 69.5 Å². The molecule has 0 fully saturated rings. The SMILES string of the molecule is O=P(c1ccccc1)(c1ccccc1)c1ccc2c(c1)Sc1cc(P(=O)(c3ccccc3)c3ccccc3)ccc1N2c1cc2ccccc2c2ccccc12. The van der Waals surface area contributed by atoms with Crippen molar-refractivity contribution < 1.29 is 9.13 Å². The molecule has 3 nitrogen and oxygen atoms in total. The number of hydrogen-bond donors (Lipinski definition) is 0. The minimum absolute atomic E-state index is 0.767. The van der Waals surface area contributed by atoms with E-state index in [9.17, 15) is 0 Å². The highest BCUT2D eigenvalue weighted by Gasteiger charge is 2.35. The number of nitrogens with zero attached hydrogens (tertiary/aromatic N) is 1. The molecule has 0 radical (unpaired) electrons. The Labute approximate surface area is 331 Å². The van der Waals surface area contributed by atoms with Gasteiger partial charge in [0.15, 0.2) is 14.3 Å². The zero-order valence-electron chi connectivity index (χ0n) is 30.3. The van der Waals surface area contributed by atoms with Crippen molar-refractivity contribution in [2.75, 3.05) is 4.90 Å². The molecule has 0 saturated heterocycles. The van der Waals surface area contributed by atoms with Crippen LogP contribution in [0.5, 0.6) is 0 Å². The van der Waals surface area contributed by atoms with E-state index >= 15 is 9.13 Å². The standard InChI is InChI=1S/C50H35NO2P2S/c52-54(37-18-5-1-6-19-37,38-20-7-2-8-21-38)41-29-31-46-49(34-41)56-50-35-42(55(53,39-22-9-3-10-23-39)40-24-11-4-12-25-40)30-32-47(50)51(46)48-33-36-17-13-14-26-43(36)44-27-15-16-28-45(44)48/h1-35H. The lowest BCUT2D eigenvalue weighted by molar-refractivity contribution is 0.591. The molecule has 56 heavy (non-hydrogen) atoms. The second-order valence-corrected chi connectivity index (χ2v) is 20.6. The summed E-state index contributed by atoms with van der Waals surface area (Å²) in [6.07, 6.45) is 0. The van der Waals surface area contributed by atoms with Gasteiger partial charge in [-0.2, -0.15) is 0 Å². The van der Waals surface area contributed by atoms with E-state index in [1.807, 2.05) is 121 Å². The lowest BCUT2D eigenvalue weighted by atomic mass is 9.99. The van der Waals surface area contributed by atoms with Crippen LogP contribution in [0.1, 0.15) is 0 Å². The van der Waals surface area contributed by atoms with Crippen molar-refractivity contribution in [2.45, 2.75) is 9.79 Å². The Balaban J connectivity index is 1.23. The molecule has 0 aliphatic carbocycles. The van der Waals surface area contributed by atoms with Gasteiger partial charge in [-0.25, -0.2) is 0 Å². The first-order valence-corrected chi connectivity index (χ1v) is 22.9. The normalized spacial score (nSPS) is 12.7. The van der Waals surface area contributed by atoms with Gasteiger partial charge in [-0.1, -0.05) is 182 Å². The zero-order valence-corrected chi connectivity index (χ0v) is 32.9. The molecule has 0 atom stereocenters. The monoisotopic (exact) mass is 775 g/mol. The van der Waals surface area contributed by atoms with Crippen molar-refractivity contribution in [3.63, 3.8) is 0 Å². The molecule has 0 saturated carbocycles. The molecule has 10 rings (SSSR count). The first-order chi connectivity index (χ1) is 27.5. The van der Waals surface area contributed by atoms with Crippen LogP contribution >= 0.6 is 26.0 Å². The molecule has 6 heteroatoms. The average molecular weight is 776 g/mol. The Hall–Kier alpha value is -5.89. The minimum atomic E-state index is -3.26. The highest BCUT2D eigenvalue weighted by atomic mass is 32.2. The van der Waals surface area contributed by atoms with Crippen molar-refractivity contribution >= 4 is 96.5 Å². The third kappa shape index (κ3) is 5.60. The molecule has 1 heterocycles. The van der Waals surface area contributed by atoms with Crippen LogP contribution in [0.3, 0.4) is 0 Å². The van der Waals surface area contributed by atoms with Gasteiger partial charge in [-0.15, -0.1) is 0 Å². The van der Waals surface area contributed by atoms with Crippen LogP contribution in [-0.4, -0.2) is 0 Å². The number of anilines is 3. The second kappa shape index (κ2) is 14.0. The summed E-state index contributed by atoms with van der Waals surface area (Å²) in [4.78, 5) is 4.30. The van der Waals surface area contributed by atoms with E-state index in [4.69, 9.17) is 0 Å². The summed E-state index contributed by atoms with van der Waals surface area (Å²) >= 11 is 1.65. The van der Waals surface area contributed by atoms with E-state index in [0.29, 0.717) is 0 Å². The van der Waals surface area contributed by atoms with Crippen molar-refractivity contribution in [3.05, 3.63) is 212 Å². The highest BCUT2D eigenvalue weighted by Crippen LogP contribution is 2.55. The summed E-state index contributed by atoms with van der Waals surface area (Å²) in [5, 5.41) is 9.34. The molecule has 1 aliphatic heterocycles. The maximum Gasteiger partial charge on any atom is 0.171 e. The van der Waals surface area contributed by atoms with Gasteiger partial charge in [0.1, 0.15) is 0 Å². The molecule has 0 N–H and O–H groups in total. The fraction of sp³-hybridized carbons (Fsp3) is 0. The Bertz CT molecular complexity index is 2780. The summed E-state index contributed by atoms with van der Waals surface area (Å²) in [5.41, 5.74) is 3.05. The van der Waals surface area contributed by atoms with Gasteiger partial charge in [-0.3, -0.25) is 0 Å².